The smallest absolute Gasteiger partial charge is 0.0393 e. The van der Waals surface area contributed by atoms with Gasteiger partial charge in [0.05, 0.1) is 0 Å². The van der Waals surface area contributed by atoms with Gasteiger partial charge in [0, 0.05) is 31.0 Å². The summed E-state index contributed by atoms with van der Waals surface area (Å²) in [5.74, 6) is 0.894. The Morgan fingerprint density at radius 1 is 1.17 bits per heavy atom. The highest BCUT2D eigenvalue weighted by atomic mass is 15.1. The van der Waals surface area contributed by atoms with E-state index in [2.05, 4.69) is 35.3 Å². The number of nitrogens with zero attached hydrogens (tertiary/aromatic N) is 1. The summed E-state index contributed by atoms with van der Waals surface area (Å²) in [5, 5.41) is 3.54. The largest absolute Gasteiger partial charge is 0.385 e. The Hall–Kier alpha value is -1.18. The van der Waals surface area contributed by atoms with Crippen LogP contribution in [0.2, 0.25) is 0 Å². The van der Waals surface area contributed by atoms with Crippen LogP contribution < -0.4 is 10.2 Å². The van der Waals surface area contributed by atoms with Crippen molar-refractivity contribution in [1.29, 1.82) is 0 Å². The van der Waals surface area contributed by atoms with Gasteiger partial charge in [0.2, 0.25) is 0 Å². The van der Waals surface area contributed by atoms with Gasteiger partial charge >= 0.3 is 0 Å². The molecule has 1 saturated heterocycles. The molecule has 0 radical (unpaired) electrons. The molecule has 2 heterocycles. The van der Waals surface area contributed by atoms with Gasteiger partial charge in [0.1, 0.15) is 0 Å². The van der Waals surface area contributed by atoms with Gasteiger partial charge in [0.15, 0.2) is 0 Å². The summed E-state index contributed by atoms with van der Waals surface area (Å²) >= 11 is 0. The molecule has 1 aromatic rings. The Morgan fingerprint density at radius 2 is 2.11 bits per heavy atom. The van der Waals surface area contributed by atoms with Gasteiger partial charge in [-0.25, -0.2) is 0 Å². The SMILES string of the molecule is CC1CCCN(c2ccc3c(c2)NCCC3)CC1. The molecule has 2 aliphatic rings. The number of benzene rings is 1. The van der Waals surface area contributed by atoms with Crippen molar-refractivity contribution in [3.8, 4) is 0 Å². The van der Waals surface area contributed by atoms with Gasteiger partial charge in [-0.2, -0.15) is 0 Å². The zero-order chi connectivity index (χ0) is 12.4. The Bertz CT molecular complexity index is 414. The Morgan fingerprint density at radius 3 is 3.06 bits per heavy atom. The normalized spacial score (nSPS) is 24.1. The minimum Gasteiger partial charge on any atom is -0.385 e. The molecule has 1 aromatic carbocycles. The van der Waals surface area contributed by atoms with Crippen LogP contribution in [0.5, 0.6) is 0 Å². The van der Waals surface area contributed by atoms with Crippen LogP contribution in [0, 0.1) is 5.92 Å². The fraction of sp³-hybridized carbons (Fsp3) is 0.625. The Labute approximate surface area is 110 Å². The molecular weight excluding hydrogens is 220 g/mol. The first-order valence-corrected chi connectivity index (χ1v) is 7.45. The van der Waals surface area contributed by atoms with Crippen LogP contribution in [0.1, 0.15) is 38.2 Å². The third kappa shape index (κ3) is 2.47. The second kappa shape index (κ2) is 5.21. The number of hydrogen-bond acceptors (Lipinski definition) is 2. The molecule has 2 aliphatic heterocycles. The standard InChI is InChI=1S/C16H24N2/c1-13-4-3-10-18(11-8-13)15-7-6-14-5-2-9-17-16(14)12-15/h6-7,12-13,17H,2-5,8-11H2,1H3. The molecule has 1 unspecified atom stereocenters. The van der Waals surface area contributed by atoms with E-state index in [0.29, 0.717) is 0 Å². The summed E-state index contributed by atoms with van der Waals surface area (Å²) in [4.78, 5) is 2.57. The van der Waals surface area contributed by atoms with Crippen LogP contribution in [-0.2, 0) is 6.42 Å². The number of aryl methyl sites for hydroxylation is 1. The van der Waals surface area contributed by atoms with Gasteiger partial charge in [-0.3, -0.25) is 0 Å². The zero-order valence-corrected chi connectivity index (χ0v) is 11.4. The highest BCUT2D eigenvalue weighted by Crippen LogP contribution is 2.29. The van der Waals surface area contributed by atoms with Crippen molar-refractivity contribution < 1.29 is 0 Å². The molecule has 0 aliphatic carbocycles. The molecule has 3 rings (SSSR count). The predicted octanol–water partition coefficient (Wildman–Crippen LogP) is 3.67. The molecule has 98 valence electrons. The lowest BCUT2D eigenvalue weighted by molar-refractivity contribution is 0.521. The molecule has 0 saturated carbocycles. The lowest BCUT2D eigenvalue weighted by atomic mass is 10.0. The van der Waals surface area contributed by atoms with E-state index in [4.69, 9.17) is 0 Å². The number of anilines is 2. The Balaban J connectivity index is 1.79. The highest BCUT2D eigenvalue weighted by Gasteiger charge is 2.16. The van der Waals surface area contributed by atoms with Crippen LogP contribution >= 0.6 is 0 Å². The minimum absolute atomic E-state index is 0.894. The summed E-state index contributed by atoms with van der Waals surface area (Å²) < 4.78 is 0. The molecule has 1 atom stereocenters. The molecule has 1 fully saturated rings. The van der Waals surface area contributed by atoms with Gasteiger partial charge in [0.25, 0.3) is 0 Å². The van der Waals surface area contributed by atoms with Gasteiger partial charge in [-0.15, -0.1) is 0 Å². The number of fused-ring (bicyclic) bond motifs is 1. The van der Waals surface area contributed by atoms with Crippen molar-refractivity contribution in [3.63, 3.8) is 0 Å². The van der Waals surface area contributed by atoms with Crippen LogP contribution in [0.4, 0.5) is 11.4 Å². The number of rotatable bonds is 1. The van der Waals surface area contributed by atoms with Gasteiger partial charge in [-0.1, -0.05) is 13.0 Å². The van der Waals surface area contributed by atoms with Crippen molar-refractivity contribution in [1.82, 2.24) is 0 Å². The van der Waals surface area contributed by atoms with E-state index in [1.54, 1.807) is 0 Å². The number of hydrogen-bond donors (Lipinski definition) is 1. The van der Waals surface area contributed by atoms with E-state index < -0.39 is 0 Å². The third-order valence-electron chi connectivity index (χ3n) is 4.41. The average molecular weight is 244 g/mol. The summed E-state index contributed by atoms with van der Waals surface area (Å²) in [7, 11) is 0. The fourth-order valence-electron chi connectivity index (χ4n) is 3.17. The minimum atomic E-state index is 0.894. The summed E-state index contributed by atoms with van der Waals surface area (Å²) in [6, 6.07) is 7.01. The third-order valence-corrected chi connectivity index (χ3v) is 4.41. The van der Waals surface area contributed by atoms with E-state index in [-0.39, 0.29) is 0 Å². The van der Waals surface area contributed by atoms with Crippen molar-refractivity contribution in [2.75, 3.05) is 29.9 Å². The lowest BCUT2D eigenvalue weighted by Crippen LogP contribution is -2.24. The van der Waals surface area contributed by atoms with Crippen LogP contribution in [0.15, 0.2) is 18.2 Å². The summed E-state index contributed by atoms with van der Waals surface area (Å²) in [6.45, 7) is 5.97. The number of nitrogens with one attached hydrogen (secondary N) is 1. The molecule has 0 spiro atoms. The van der Waals surface area contributed by atoms with Crippen LogP contribution in [-0.4, -0.2) is 19.6 Å². The van der Waals surface area contributed by atoms with Crippen molar-refractivity contribution in [3.05, 3.63) is 23.8 Å². The second-order valence-corrected chi connectivity index (χ2v) is 5.89. The van der Waals surface area contributed by atoms with Crippen molar-refractivity contribution >= 4 is 11.4 Å². The zero-order valence-electron chi connectivity index (χ0n) is 11.4. The second-order valence-electron chi connectivity index (χ2n) is 5.89. The average Bonchev–Trinajstić information content (AvgIpc) is 2.63. The molecular formula is C16H24N2. The molecule has 18 heavy (non-hydrogen) atoms. The van der Waals surface area contributed by atoms with E-state index in [1.807, 2.05) is 0 Å². The maximum atomic E-state index is 3.54. The maximum Gasteiger partial charge on any atom is 0.0393 e. The highest BCUT2D eigenvalue weighted by molar-refractivity contribution is 5.63. The van der Waals surface area contributed by atoms with E-state index in [9.17, 15) is 0 Å². The van der Waals surface area contributed by atoms with E-state index >= 15 is 0 Å². The first kappa shape index (κ1) is 11.9. The van der Waals surface area contributed by atoms with Crippen LogP contribution in [0.25, 0.3) is 0 Å². The lowest BCUT2D eigenvalue weighted by Gasteiger charge is -2.26. The molecule has 2 heteroatoms. The van der Waals surface area contributed by atoms with Gasteiger partial charge < -0.3 is 10.2 Å². The topological polar surface area (TPSA) is 15.3 Å². The maximum absolute atomic E-state index is 3.54. The first-order valence-electron chi connectivity index (χ1n) is 7.45. The monoisotopic (exact) mass is 244 g/mol. The van der Waals surface area contributed by atoms with Crippen molar-refractivity contribution in [2.45, 2.75) is 39.0 Å². The first-order chi connectivity index (χ1) is 8.83. The van der Waals surface area contributed by atoms with E-state index in [1.165, 1.54) is 62.1 Å². The fourth-order valence-corrected chi connectivity index (χ4v) is 3.17. The summed E-state index contributed by atoms with van der Waals surface area (Å²) in [6.07, 6.45) is 6.57. The van der Waals surface area contributed by atoms with Gasteiger partial charge in [-0.05, 0) is 55.7 Å². The quantitative estimate of drug-likeness (QED) is 0.811. The van der Waals surface area contributed by atoms with Crippen molar-refractivity contribution in [2.24, 2.45) is 5.92 Å². The summed E-state index contributed by atoms with van der Waals surface area (Å²) in [5.41, 5.74) is 4.28. The predicted molar refractivity (Wildman–Crippen MR) is 78.5 cm³/mol. The molecule has 0 amide bonds. The van der Waals surface area contributed by atoms with Crippen LogP contribution in [0.3, 0.4) is 0 Å². The molecule has 1 N–H and O–H groups in total. The van der Waals surface area contributed by atoms with E-state index in [0.717, 1.165) is 12.5 Å². The molecule has 0 aromatic heterocycles. The molecule has 0 bridgehead atoms. The Kier molecular flexibility index (Phi) is 3.44. The molecule has 2 nitrogen and oxygen atoms in total.